The molecule has 0 saturated carbocycles. The van der Waals surface area contributed by atoms with Gasteiger partial charge in [-0.25, -0.2) is 4.39 Å². The van der Waals surface area contributed by atoms with Crippen molar-refractivity contribution in [1.82, 2.24) is 0 Å². The zero-order chi connectivity index (χ0) is 10.0. The van der Waals surface area contributed by atoms with Crippen molar-refractivity contribution < 1.29 is 14.6 Å². The van der Waals surface area contributed by atoms with Crippen LogP contribution in [0.1, 0.15) is 18.5 Å². The third-order valence-electron chi connectivity index (χ3n) is 1.87. The second kappa shape index (κ2) is 3.72. The van der Waals surface area contributed by atoms with E-state index in [0.29, 0.717) is 5.56 Å². The second-order valence-electron chi connectivity index (χ2n) is 2.97. The van der Waals surface area contributed by atoms with Gasteiger partial charge in [0.2, 0.25) is 0 Å². The summed E-state index contributed by atoms with van der Waals surface area (Å²) in [5.74, 6) is -0.757. The summed E-state index contributed by atoms with van der Waals surface area (Å²) in [5, 5.41) is 18.4. The lowest BCUT2D eigenvalue weighted by Crippen LogP contribution is -2.23. The molecule has 0 aliphatic rings. The number of halogens is 1. The summed E-state index contributed by atoms with van der Waals surface area (Å²) in [6.45, 7) is 1.51. The van der Waals surface area contributed by atoms with E-state index in [0.717, 1.165) is 6.07 Å². The number of hydrogen-bond acceptors (Lipinski definition) is 3. The molecule has 0 radical (unpaired) electrons. The topological polar surface area (TPSA) is 66.5 Å². The number of aliphatic hydroxyl groups is 1. The number of benzene rings is 1. The molecular weight excluding hydrogens is 173 g/mol. The van der Waals surface area contributed by atoms with Crippen LogP contribution in [0.3, 0.4) is 0 Å². The van der Waals surface area contributed by atoms with E-state index in [4.69, 9.17) is 10.8 Å². The van der Waals surface area contributed by atoms with Crippen LogP contribution in [0.25, 0.3) is 0 Å². The Kier molecular flexibility index (Phi) is 2.85. The highest BCUT2D eigenvalue weighted by Crippen LogP contribution is 2.25. The molecule has 1 aromatic carbocycles. The highest BCUT2D eigenvalue weighted by atomic mass is 19.1. The summed E-state index contributed by atoms with van der Waals surface area (Å²) in [4.78, 5) is 0. The molecule has 2 atom stereocenters. The maximum Gasteiger partial charge on any atom is 0.126 e. The van der Waals surface area contributed by atoms with Gasteiger partial charge in [-0.1, -0.05) is 6.07 Å². The molecule has 0 aliphatic heterocycles. The molecule has 0 fully saturated rings. The number of hydrogen-bond donors (Lipinski definition) is 3. The van der Waals surface area contributed by atoms with Crippen LogP contribution < -0.4 is 5.73 Å². The molecule has 0 heterocycles. The fourth-order valence-corrected chi connectivity index (χ4v) is 1.06. The largest absolute Gasteiger partial charge is 0.508 e. The Morgan fingerprint density at radius 2 is 2.08 bits per heavy atom. The second-order valence-corrected chi connectivity index (χ2v) is 2.97. The Balaban J connectivity index is 3.01. The standard InChI is InChI=1S/C9H12FNO2/c1-5(12)9(11)7-3-2-6(10)4-8(7)13/h2-5,9,12-13H,11H2,1H3. The van der Waals surface area contributed by atoms with E-state index >= 15 is 0 Å². The molecular formula is C9H12FNO2. The molecule has 4 heteroatoms. The molecule has 4 N–H and O–H groups in total. The molecule has 0 aromatic heterocycles. The molecule has 0 amide bonds. The third kappa shape index (κ3) is 2.17. The Hall–Kier alpha value is -1.13. The number of aromatic hydroxyl groups is 1. The summed E-state index contributed by atoms with van der Waals surface area (Å²) in [5.41, 5.74) is 5.90. The highest BCUT2D eigenvalue weighted by molar-refractivity contribution is 5.35. The van der Waals surface area contributed by atoms with Gasteiger partial charge in [0.1, 0.15) is 11.6 Å². The predicted molar refractivity (Wildman–Crippen MR) is 46.7 cm³/mol. The lowest BCUT2D eigenvalue weighted by Gasteiger charge is -2.16. The van der Waals surface area contributed by atoms with Crippen LogP contribution in [0.4, 0.5) is 4.39 Å². The molecule has 13 heavy (non-hydrogen) atoms. The van der Waals surface area contributed by atoms with Crippen LogP contribution in [0.15, 0.2) is 18.2 Å². The first-order valence-corrected chi connectivity index (χ1v) is 3.94. The van der Waals surface area contributed by atoms with Gasteiger partial charge in [-0.2, -0.15) is 0 Å². The van der Waals surface area contributed by atoms with E-state index < -0.39 is 18.0 Å². The maximum absolute atomic E-state index is 12.5. The minimum absolute atomic E-state index is 0.228. The van der Waals surface area contributed by atoms with E-state index in [1.54, 1.807) is 0 Å². The number of phenolic OH excluding ortho intramolecular Hbond substituents is 1. The van der Waals surface area contributed by atoms with Gasteiger partial charge in [0, 0.05) is 11.6 Å². The summed E-state index contributed by atoms with van der Waals surface area (Å²) in [7, 11) is 0. The SMILES string of the molecule is CC(O)C(N)c1ccc(F)cc1O. The van der Waals surface area contributed by atoms with Gasteiger partial charge >= 0.3 is 0 Å². The number of aliphatic hydroxyl groups excluding tert-OH is 1. The normalized spacial score (nSPS) is 15.4. The zero-order valence-corrected chi connectivity index (χ0v) is 7.24. The van der Waals surface area contributed by atoms with Crippen LogP contribution in [0.2, 0.25) is 0 Å². The van der Waals surface area contributed by atoms with Crippen molar-refractivity contribution in [3.05, 3.63) is 29.6 Å². The molecule has 1 rings (SSSR count). The molecule has 2 unspecified atom stereocenters. The first-order chi connectivity index (χ1) is 6.02. The van der Waals surface area contributed by atoms with Crippen molar-refractivity contribution in [2.24, 2.45) is 5.73 Å². The van der Waals surface area contributed by atoms with Gasteiger partial charge in [-0.05, 0) is 13.0 Å². The first kappa shape index (κ1) is 9.95. The summed E-state index contributed by atoms with van der Waals surface area (Å²) in [6.07, 6.45) is -0.781. The van der Waals surface area contributed by atoms with E-state index in [9.17, 15) is 9.50 Å². The van der Waals surface area contributed by atoms with Crippen molar-refractivity contribution in [1.29, 1.82) is 0 Å². The van der Waals surface area contributed by atoms with Crippen molar-refractivity contribution in [3.8, 4) is 5.75 Å². The fraction of sp³-hybridized carbons (Fsp3) is 0.333. The smallest absolute Gasteiger partial charge is 0.126 e. The highest BCUT2D eigenvalue weighted by Gasteiger charge is 2.15. The molecule has 0 bridgehead atoms. The van der Waals surface area contributed by atoms with Gasteiger partial charge < -0.3 is 15.9 Å². The quantitative estimate of drug-likeness (QED) is 0.641. The Bertz CT molecular complexity index is 302. The van der Waals surface area contributed by atoms with E-state index in [1.165, 1.54) is 19.1 Å². The predicted octanol–water partition coefficient (Wildman–Crippen LogP) is 0.912. The lowest BCUT2D eigenvalue weighted by atomic mass is 10.0. The van der Waals surface area contributed by atoms with Crippen molar-refractivity contribution in [2.45, 2.75) is 19.1 Å². The lowest BCUT2D eigenvalue weighted by molar-refractivity contribution is 0.162. The summed E-state index contributed by atoms with van der Waals surface area (Å²) in [6, 6.07) is 2.83. The van der Waals surface area contributed by atoms with Crippen LogP contribution in [0.5, 0.6) is 5.75 Å². The minimum Gasteiger partial charge on any atom is -0.508 e. The number of rotatable bonds is 2. The summed E-state index contributed by atoms with van der Waals surface area (Å²) >= 11 is 0. The van der Waals surface area contributed by atoms with Crippen molar-refractivity contribution in [2.75, 3.05) is 0 Å². The molecule has 0 aliphatic carbocycles. The Morgan fingerprint density at radius 1 is 1.46 bits per heavy atom. The molecule has 0 saturated heterocycles. The van der Waals surface area contributed by atoms with Crippen molar-refractivity contribution >= 4 is 0 Å². The van der Waals surface area contributed by atoms with Crippen LogP contribution in [-0.4, -0.2) is 16.3 Å². The average molecular weight is 185 g/mol. The van der Waals surface area contributed by atoms with Gasteiger partial charge in [-0.15, -0.1) is 0 Å². The minimum atomic E-state index is -0.781. The number of phenols is 1. The van der Waals surface area contributed by atoms with E-state index in [-0.39, 0.29) is 5.75 Å². The Morgan fingerprint density at radius 3 is 2.54 bits per heavy atom. The first-order valence-electron chi connectivity index (χ1n) is 3.94. The van der Waals surface area contributed by atoms with Gasteiger partial charge in [0.25, 0.3) is 0 Å². The monoisotopic (exact) mass is 185 g/mol. The summed E-state index contributed by atoms with van der Waals surface area (Å²) < 4.78 is 12.5. The maximum atomic E-state index is 12.5. The van der Waals surface area contributed by atoms with Crippen LogP contribution >= 0.6 is 0 Å². The number of nitrogens with two attached hydrogens (primary N) is 1. The Labute approximate surface area is 75.6 Å². The third-order valence-corrected chi connectivity index (χ3v) is 1.87. The van der Waals surface area contributed by atoms with Crippen LogP contribution in [0, 0.1) is 5.82 Å². The molecule has 72 valence electrons. The van der Waals surface area contributed by atoms with Gasteiger partial charge in [-0.3, -0.25) is 0 Å². The van der Waals surface area contributed by atoms with Gasteiger partial charge in [0.05, 0.1) is 12.1 Å². The molecule has 1 aromatic rings. The molecule has 3 nitrogen and oxygen atoms in total. The zero-order valence-electron chi connectivity index (χ0n) is 7.24. The van der Waals surface area contributed by atoms with E-state index in [1.807, 2.05) is 0 Å². The molecule has 0 spiro atoms. The average Bonchev–Trinajstić information content (AvgIpc) is 2.03. The van der Waals surface area contributed by atoms with Crippen molar-refractivity contribution in [3.63, 3.8) is 0 Å². The van der Waals surface area contributed by atoms with Gasteiger partial charge in [0.15, 0.2) is 0 Å². The van der Waals surface area contributed by atoms with E-state index in [2.05, 4.69) is 0 Å². The fourth-order valence-electron chi connectivity index (χ4n) is 1.06. The van der Waals surface area contributed by atoms with Crippen LogP contribution in [-0.2, 0) is 0 Å².